The number of hydrogen-bond donors (Lipinski definition) is 1. The predicted molar refractivity (Wildman–Crippen MR) is 160 cm³/mol. The molecule has 8 heteroatoms. The van der Waals surface area contributed by atoms with E-state index in [1.807, 2.05) is 41.3 Å². The number of nitrogens with zero attached hydrogens (tertiary/aromatic N) is 1. The van der Waals surface area contributed by atoms with E-state index in [0.717, 1.165) is 10.0 Å². The third kappa shape index (κ3) is 3.76. The van der Waals surface area contributed by atoms with Crippen LogP contribution in [0.3, 0.4) is 0 Å². The van der Waals surface area contributed by atoms with Crippen LogP contribution in [-0.4, -0.2) is 29.6 Å². The molecule has 3 aliphatic heterocycles. The Balaban J connectivity index is 1.53. The Bertz CT molecular complexity index is 1790. The predicted octanol–water partition coefficient (Wildman–Crippen LogP) is 7.10. The van der Waals surface area contributed by atoms with Crippen molar-refractivity contribution in [2.24, 2.45) is 5.92 Å². The summed E-state index contributed by atoms with van der Waals surface area (Å²) in [5.41, 5.74) is 1.91. The number of Topliss-reactive ketones (excluding diaryl/α,β-unsaturated/α-hetero) is 2. The summed E-state index contributed by atoms with van der Waals surface area (Å²) in [6.07, 6.45) is 3.78. The highest BCUT2D eigenvalue weighted by molar-refractivity contribution is 9.10. The van der Waals surface area contributed by atoms with E-state index >= 15 is 0 Å². The van der Waals surface area contributed by atoms with Crippen molar-refractivity contribution in [3.8, 4) is 0 Å². The molecule has 4 aromatic rings. The van der Waals surface area contributed by atoms with Crippen molar-refractivity contribution in [3.05, 3.63) is 135 Å². The van der Waals surface area contributed by atoms with Gasteiger partial charge in [-0.2, -0.15) is 0 Å². The average Bonchev–Trinajstić information content (AvgIpc) is 3.45. The van der Waals surface area contributed by atoms with Gasteiger partial charge in [0.25, 0.3) is 0 Å². The second-order valence-corrected chi connectivity index (χ2v) is 11.8. The van der Waals surface area contributed by atoms with Crippen molar-refractivity contribution >= 4 is 62.5 Å². The van der Waals surface area contributed by atoms with E-state index in [1.54, 1.807) is 42.5 Å². The van der Waals surface area contributed by atoms with E-state index in [-0.39, 0.29) is 17.3 Å². The van der Waals surface area contributed by atoms with E-state index < -0.39 is 35.0 Å². The Labute approximate surface area is 248 Å². The summed E-state index contributed by atoms with van der Waals surface area (Å²) < 4.78 is 14.7. The van der Waals surface area contributed by atoms with Gasteiger partial charge in [-0.05, 0) is 71.8 Å². The van der Waals surface area contributed by atoms with Crippen LogP contribution in [0.5, 0.6) is 0 Å². The Morgan fingerprint density at radius 3 is 2.34 bits per heavy atom. The summed E-state index contributed by atoms with van der Waals surface area (Å²) in [5, 5.41) is 3.53. The molecule has 3 aliphatic rings. The smallest absolute Gasteiger partial charge is 0.238 e. The number of carbonyl (C=O) groups excluding carboxylic acids is 3. The van der Waals surface area contributed by atoms with Crippen LogP contribution in [0.2, 0.25) is 5.02 Å². The lowest BCUT2D eigenvalue weighted by atomic mass is 9.64. The Kier molecular flexibility index (Phi) is 5.99. The number of ketones is 2. The number of anilines is 2. The fraction of sp³-hybridized carbons (Fsp3) is 0.121. The highest BCUT2D eigenvalue weighted by Gasteiger charge is 2.70. The van der Waals surface area contributed by atoms with Crippen molar-refractivity contribution in [1.82, 2.24) is 0 Å². The minimum absolute atomic E-state index is 0.224. The molecule has 5 nitrogen and oxygen atoms in total. The fourth-order valence-electron chi connectivity index (χ4n) is 6.73. The van der Waals surface area contributed by atoms with Crippen molar-refractivity contribution < 1.29 is 18.8 Å². The zero-order chi connectivity index (χ0) is 28.5. The Morgan fingerprint density at radius 2 is 1.59 bits per heavy atom. The Hall–Kier alpha value is -4.07. The second-order valence-electron chi connectivity index (χ2n) is 10.4. The van der Waals surface area contributed by atoms with Crippen LogP contribution >= 0.6 is 27.5 Å². The summed E-state index contributed by atoms with van der Waals surface area (Å²) in [5.74, 6) is -2.69. The number of rotatable bonds is 4. The molecular weight excluding hydrogens is 607 g/mol. The van der Waals surface area contributed by atoms with Crippen LogP contribution < -0.4 is 10.2 Å². The number of benzene rings is 4. The standard InChI is InChI=1S/C33H21BrClFN2O3/c34-21-10-5-19(6-11-21)31(40)29-28(30(39)18-7-13-23(36)14-8-18)33(24-3-1-2-4-25(24)37-32(33)41)27-16-9-20-17-22(35)12-15-26(20)38(27)29/h1-17,27-29H,(H,37,41)/t27-,28-,29+,33+/m1/s1. The maximum atomic E-state index is 14.7. The van der Waals surface area contributed by atoms with E-state index in [0.29, 0.717) is 27.5 Å². The first-order valence-electron chi connectivity index (χ1n) is 13.1. The normalized spacial score (nSPS) is 23.6. The molecule has 0 saturated carbocycles. The van der Waals surface area contributed by atoms with Gasteiger partial charge in [-0.1, -0.05) is 70.0 Å². The van der Waals surface area contributed by atoms with Crippen LogP contribution in [0.25, 0.3) is 6.08 Å². The molecule has 0 aromatic heterocycles. The van der Waals surface area contributed by atoms with Crippen molar-refractivity contribution in [2.45, 2.75) is 17.5 Å². The topological polar surface area (TPSA) is 66.5 Å². The van der Waals surface area contributed by atoms with Gasteiger partial charge in [0.1, 0.15) is 17.3 Å². The number of carbonyl (C=O) groups is 3. The molecule has 1 saturated heterocycles. The summed E-state index contributed by atoms with van der Waals surface area (Å²) >= 11 is 9.77. The number of fused-ring (bicyclic) bond motifs is 6. The van der Waals surface area contributed by atoms with E-state index in [9.17, 15) is 18.8 Å². The quantitative estimate of drug-likeness (QED) is 0.245. The molecular formula is C33H21BrClFN2O3. The number of hydrogen-bond acceptors (Lipinski definition) is 4. The van der Waals surface area contributed by atoms with Crippen LogP contribution in [0.15, 0.2) is 102 Å². The zero-order valence-corrected chi connectivity index (χ0v) is 23.7. The third-order valence-electron chi connectivity index (χ3n) is 8.40. The van der Waals surface area contributed by atoms with Crippen molar-refractivity contribution in [2.75, 3.05) is 10.2 Å². The summed E-state index contributed by atoms with van der Waals surface area (Å²) in [6.45, 7) is 0. The molecule has 7 rings (SSSR count). The van der Waals surface area contributed by atoms with Gasteiger partial charge in [0.05, 0.1) is 12.0 Å². The molecule has 3 heterocycles. The molecule has 4 atom stereocenters. The molecule has 0 radical (unpaired) electrons. The van der Waals surface area contributed by atoms with E-state index in [1.165, 1.54) is 24.3 Å². The van der Waals surface area contributed by atoms with Crippen LogP contribution in [0, 0.1) is 11.7 Å². The lowest BCUT2D eigenvalue weighted by molar-refractivity contribution is -0.121. The van der Waals surface area contributed by atoms with Gasteiger partial charge in [0.2, 0.25) is 5.91 Å². The molecule has 0 bridgehead atoms. The van der Waals surface area contributed by atoms with Crippen LogP contribution in [0.4, 0.5) is 15.8 Å². The number of halogens is 3. The highest BCUT2D eigenvalue weighted by atomic mass is 79.9. The molecule has 1 amide bonds. The molecule has 1 N–H and O–H groups in total. The van der Waals surface area contributed by atoms with Gasteiger partial charge >= 0.3 is 0 Å². The highest BCUT2D eigenvalue weighted by Crippen LogP contribution is 2.58. The van der Waals surface area contributed by atoms with E-state index in [2.05, 4.69) is 21.2 Å². The minimum atomic E-state index is -1.44. The molecule has 202 valence electrons. The monoisotopic (exact) mass is 626 g/mol. The number of amides is 1. The Morgan fingerprint density at radius 1 is 0.902 bits per heavy atom. The molecule has 0 unspecified atom stereocenters. The molecule has 41 heavy (non-hydrogen) atoms. The number of nitrogens with one attached hydrogen (secondary N) is 1. The van der Waals surface area contributed by atoms with Gasteiger partial charge in [-0.3, -0.25) is 14.4 Å². The molecule has 0 aliphatic carbocycles. The molecule has 1 fully saturated rings. The summed E-state index contributed by atoms with van der Waals surface area (Å²) in [4.78, 5) is 45.5. The lowest BCUT2D eigenvalue weighted by Gasteiger charge is -2.37. The van der Waals surface area contributed by atoms with Gasteiger partial charge in [-0.15, -0.1) is 0 Å². The van der Waals surface area contributed by atoms with Crippen molar-refractivity contribution in [1.29, 1.82) is 0 Å². The summed E-state index contributed by atoms with van der Waals surface area (Å²) in [7, 11) is 0. The lowest BCUT2D eigenvalue weighted by Crippen LogP contribution is -2.51. The van der Waals surface area contributed by atoms with Gasteiger partial charge < -0.3 is 10.2 Å². The maximum absolute atomic E-state index is 14.7. The first kappa shape index (κ1) is 25.9. The van der Waals surface area contributed by atoms with E-state index in [4.69, 9.17) is 11.6 Å². The largest absolute Gasteiger partial charge is 0.352 e. The van der Waals surface area contributed by atoms with Gasteiger partial charge in [0.15, 0.2) is 11.6 Å². The SMILES string of the molecule is O=C(c1ccc(Br)cc1)[C@@H]1[C@H](C(=O)c2ccc(F)cc2)[C@@]2(C(=O)Nc3ccccc32)[C@H]2C=Cc3cc(Cl)ccc3N12. The fourth-order valence-corrected chi connectivity index (χ4v) is 7.17. The van der Waals surface area contributed by atoms with Gasteiger partial charge in [0, 0.05) is 32.0 Å². The first-order chi connectivity index (χ1) is 19.8. The van der Waals surface area contributed by atoms with Crippen LogP contribution in [-0.2, 0) is 10.2 Å². The molecule has 1 spiro atoms. The first-order valence-corrected chi connectivity index (χ1v) is 14.2. The second kappa shape index (κ2) is 9.50. The summed E-state index contributed by atoms with van der Waals surface area (Å²) in [6, 6.07) is 23.1. The maximum Gasteiger partial charge on any atom is 0.238 e. The zero-order valence-electron chi connectivity index (χ0n) is 21.4. The van der Waals surface area contributed by atoms with Crippen molar-refractivity contribution in [3.63, 3.8) is 0 Å². The number of para-hydroxylation sites is 1. The minimum Gasteiger partial charge on any atom is -0.352 e. The average molecular weight is 628 g/mol. The van der Waals surface area contributed by atoms with Gasteiger partial charge in [-0.25, -0.2) is 4.39 Å². The molecule has 4 aromatic carbocycles. The van der Waals surface area contributed by atoms with Crippen LogP contribution in [0.1, 0.15) is 31.8 Å². The third-order valence-corrected chi connectivity index (χ3v) is 9.17.